The van der Waals surface area contributed by atoms with Crippen LogP contribution in [0.25, 0.3) is 0 Å². The zero-order valence-corrected chi connectivity index (χ0v) is 12.3. The Balaban J connectivity index is 1.96. The molecule has 0 spiro atoms. The molecule has 2 heteroatoms. The summed E-state index contributed by atoms with van der Waals surface area (Å²) in [5.74, 6) is 0.983. The summed E-state index contributed by atoms with van der Waals surface area (Å²) >= 11 is 1.83. The van der Waals surface area contributed by atoms with Gasteiger partial charge >= 0.3 is 0 Å². The summed E-state index contributed by atoms with van der Waals surface area (Å²) < 4.78 is 0. The van der Waals surface area contributed by atoms with Crippen molar-refractivity contribution in [3.05, 3.63) is 65.2 Å². The first kappa shape index (κ1) is 14.2. The molecular weight excluding hydrogens is 252 g/mol. The van der Waals surface area contributed by atoms with E-state index in [2.05, 4.69) is 43.3 Å². The SMILES string of the molecule is CCC(O)c1ccc(SCc2cccc(C)c2)cc1. The Hall–Kier alpha value is -1.25. The van der Waals surface area contributed by atoms with E-state index in [1.54, 1.807) is 0 Å². The minimum atomic E-state index is -0.337. The Morgan fingerprint density at radius 2 is 1.84 bits per heavy atom. The molecule has 1 unspecified atom stereocenters. The molecule has 2 rings (SSSR count). The molecule has 0 saturated carbocycles. The standard InChI is InChI=1S/C17H20OS/c1-3-17(18)15-7-9-16(10-8-15)19-12-14-6-4-5-13(2)11-14/h4-11,17-18H,3,12H2,1-2H3. The third kappa shape index (κ3) is 4.12. The van der Waals surface area contributed by atoms with Crippen LogP contribution in [0.1, 0.15) is 36.1 Å². The fourth-order valence-electron chi connectivity index (χ4n) is 1.99. The maximum absolute atomic E-state index is 9.75. The summed E-state index contributed by atoms with van der Waals surface area (Å²) in [7, 11) is 0. The van der Waals surface area contributed by atoms with Crippen LogP contribution in [-0.2, 0) is 5.75 Å². The lowest BCUT2D eigenvalue weighted by atomic mass is 10.1. The van der Waals surface area contributed by atoms with Gasteiger partial charge in [-0.1, -0.05) is 48.9 Å². The van der Waals surface area contributed by atoms with Gasteiger partial charge in [-0.3, -0.25) is 0 Å². The second-order valence-electron chi connectivity index (χ2n) is 4.77. The topological polar surface area (TPSA) is 20.2 Å². The normalized spacial score (nSPS) is 12.4. The third-order valence-corrected chi connectivity index (χ3v) is 4.22. The van der Waals surface area contributed by atoms with Gasteiger partial charge in [0.25, 0.3) is 0 Å². The van der Waals surface area contributed by atoms with E-state index in [1.165, 1.54) is 16.0 Å². The summed E-state index contributed by atoms with van der Waals surface area (Å²) in [6.45, 7) is 4.11. The van der Waals surface area contributed by atoms with Crippen molar-refractivity contribution in [2.45, 2.75) is 37.0 Å². The number of thioether (sulfide) groups is 1. The highest BCUT2D eigenvalue weighted by Gasteiger charge is 2.04. The Morgan fingerprint density at radius 3 is 2.47 bits per heavy atom. The van der Waals surface area contributed by atoms with E-state index in [4.69, 9.17) is 0 Å². The van der Waals surface area contributed by atoms with Crippen molar-refractivity contribution in [1.29, 1.82) is 0 Å². The molecule has 0 aromatic heterocycles. The van der Waals surface area contributed by atoms with Gasteiger partial charge in [-0.15, -0.1) is 11.8 Å². The lowest BCUT2D eigenvalue weighted by molar-refractivity contribution is 0.173. The smallest absolute Gasteiger partial charge is 0.0787 e. The lowest BCUT2D eigenvalue weighted by Crippen LogP contribution is -1.94. The Labute approximate surface area is 119 Å². The van der Waals surface area contributed by atoms with Crippen molar-refractivity contribution in [3.63, 3.8) is 0 Å². The van der Waals surface area contributed by atoms with Crippen molar-refractivity contribution in [2.75, 3.05) is 0 Å². The average Bonchev–Trinajstić information content (AvgIpc) is 2.45. The predicted molar refractivity (Wildman–Crippen MR) is 82.4 cm³/mol. The molecule has 0 bridgehead atoms. The number of aryl methyl sites for hydroxylation is 1. The minimum Gasteiger partial charge on any atom is -0.388 e. The zero-order valence-electron chi connectivity index (χ0n) is 11.5. The van der Waals surface area contributed by atoms with Crippen LogP contribution in [0.15, 0.2) is 53.4 Å². The van der Waals surface area contributed by atoms with Gasteiger partial charge in [-0.05, 0) is 36.6 Å². The summed E-state index contributed by atoms with van der Waals surface area (Å²) in [4.78, 5) is 1.24. The predicted octanol–water partition coefficient (Wildman–Crippen LogP) is 4.73. The second-order valence-corrected chi connectivity index (χ2v) is 5.82. The molecule has 2 aromatic carbocycles. The van der Waals surface area contributed by atoms with E-state index in [-0.39, 0.29) is 6.10 Å². The van der Waals surface area contributed by atoms with Crippen LogP contribution >= 0.6 is 11.8 Å². The zero-order chi connectivity index (χ0) is 13.7. The highest BCUT2D eigenvalue weighted by molar-refractivity contribution is 7.98. The highest BCUT2D eigenvalue weighted by Crippen LogP contribution is 2.25. The van der Waals surface area contributed by atoms with Gasteiger partial charge in [0.2, 0.25) is 0 Å². The molecule has 0 amide bonds. The van der Waals surface area contributed by atoms with Crippen LogP contribution in [0.5, 0.6) is 0 Å². The first-order chi connectivity index (χ1) is 9.19. The Bertz CT molecular complexity index is 519. The highest BCUT2D eigenvalue weighted by atomic mass is 32.2. The van der Waals surface area contributed by atoms with Crippen molar-refractivity contribution >= 4 is 11.8 Å². The Kier molecular flexibility index (Phi) is 5.06. The van der Waals surface area contributed by atoms with Crippen molar-refractivity contribution in [3.8, 4) is 0 Å². The van der Waals surface area contributed by atoms with Crippen LogP contribution in [0, 0.1) is 6.92 Å². The van der Waals surface area contributed by atoms with Crippen LogP contribution < -0.4 is 0 Å². The quantitative estimate of drug-likeness (QED) is 0.794. The van der Waals surface area contributed by atoms with Crippen LogP contribution in [0.3, 0.4) is 0 Å². The maximum atomic E-state index is 9.75. The van der Waals surface area contributed by atoms with Gasteiger partial charge in [-0.25, -0.2) is 0 Å². The number of aliphatic hydroxyl groups excluding tert-OH is 1. The second kappa shape index (κ2) is 6.78. The molecule has 0 heterocycles. The largest absolute Gasteiger partial charge is 0.388 e. The molecule has 0 fully saturated rings. The van der Waals surface area contributed by atoms with Crippen molar-refractivity contribution in [2.24, 2.45) is 0 Å². The third-order valence-electron chi connectivity index (χ3n) is 3.14. The van der Waals surface area contributed by atoms with E-state index in [1.807, 2.05) is 30.8 Å². The van der Waals surface area contributed by atoms with Gasteiger partial charge in [0.05, 0.1) is 6.10 Å². The number of aliphatic hydroxyl groups is 1. The number of hydrogen-bond acceptors (Lipinski definition) is 2. The minimum absolute atomic E-state index is 0.337. The maximum Gasteiger partial charge on any atom is 0.0787 e. The molecular formula is C17H20OS. The molecule has 0 aliphatic rings. The first-order valence-electron chi connectivity index (χ1n) is 6.65. The summed E-state index contributed by atoms with van der Waals surface area (Å²) in [6.07, 6.45) is 0.423. The molecule has 0 aliphatic carbocycles. The number of hydrogen-bond donors (Lipinski definition) is 1. The fraction of sp³-hybridized carbons (Fsp3) is 0.294. The average molecular weight is 272 g/mol. The van der Waals surface area contributed by atoms with E-state index in [9.17, 15) is 5.11 Å². The Morgan fingerprint density at radius 1 is 1.11 bits per heavy atom. The molecule has 1 N–H and O–H groups in total. The molecule has 100 valence electrons. The first-order valence-corrected chi connectivity index (χ1v) is 7.64. The fourth-order valence-corrected chi connectivity index (χ4v) is 2.83. The van der Waals surface area contributed by atoms with Gasteiger partial charge < -0.3 is 5.11 Å². The molecule has 2 aromatic rings. The van der Waals surface area contributed by atoms with E-state index in [0.717, 1.165) is 17.7 Å². The van der Waals surface area contributed by atoms with E-state index in [0.29, 0.717) is 0 Å². The summed E-state index contributed by atoms with van der Waals surface area (Å²) in [6, 6.07) is 16.8. The summed E-state index contributed by atoms with van der Waals surface area (Å²) in [5, 5.41) is 9.75. The number of benzene rings is 2. The van der Waals surface area contributed by atoms with Gasteiger partial charge in [0.15, 0.2) is 0 Å². The van der Waals surface area contributed by atoms with Gasteiger partial charge in [-0.2, -0.15) is 0 Å². The summed E-state index contributed by atoms with van der Waals surface area (Å²) in [5.41, 5.74) is 3.66. The molecule has 0 aliphatic heterocycles. The molecule has 1 atom stereocenters. The van der Waals surface area contributed by atoms with Crippen LogP contribution in [0.2, 0.25) is 0 Å². The molecule has 19 heavy (non-hydrogen) atoms. The molecule has 1 nitrogen and oxygen atoms in total. The van der Waals surface area contributed by atoms with E-state index < -0.39 is 0 Å². The van der Waals surface area contributed by atoms with E-state index >= 15 is 0 Å². The number of rotatable bonds is 5. The lowest BCUT2D eigenvalue weighted by Gasteiger charge is -2.09. The van der Waals surface area contributed by atoms with Crippen molar-refractivity contribution in [1.82, 2.24) is 0 Å². The molecule has 0 radical (unpaired) electrons. The van der Waals surface area contributed by atoms with Crippen LogP contribution in [0.4, 0.5) is 0 Å². The van der Waals surface area contributed by atoms with Gasteiger partial charge in [0.1, 0.15) is 0 Å². The van der Waals surface area contributed by atoms with Crippen LogP contribution in [-0.4, -0.2) is 5.11 Å². The van der Waals surface area contributed by atoms with Gasteiger partial charge in [0, 0.05) is 10.6 Å². The monoisotopic (exact) mass is 272 g/mol. The molecule has 0 saturated heterocycles. The van der Waals surface area contributed by atoms with Crippen molar-refractivity contribution < 1.29 is 5.11 Å².